The fourth-order valence-electron chi connectivity index (χ4n) is 5.61. The van der Waals surface area contributed by atoms with Gasteiger partial charge in [0.15, 0.2) is 0 Å². The van der Waals surface area contributed by atoms with Gasteiger partial charge in [-0.25, -0.2) is 0 Å². The first-order valence-corrected chi connectivity index (χ1v) is 14.6. The quantitative estimate of drug-likeness (QED) is 0.249. The first kappa shape index (κ1) is 27.1. The maximum Gasteiger partial charge on any atom is 0.119 e. The highest BCUT2D eigenvalue weighted by Crippen LogP contribution is 2.29. The van der Waals surface area contributed by atoms with Crippen molar-refractivity contribution in [2.45, 2.75) is 19.3 Å². The van der Waals surface area contributed by atoms with Crippen LogP contribution in [0.15, 0.2) is 175 Å². The molecule has 0 spiro atoms. The van der Waals surface area contributed by atoms with Crippen LogP contribution < -0.4 is 10.4 Å². The van der Waals surface area contributed by atoms with Crippen LogP contribution in [-0.2, 0) is 0 Å². The lowest BCUT2D eigenvalue weighted by atomic mass is 9.92. The van der Waals surface area contributed by atoms with Crippen LogP contribution in [0.4, 0.5) is 0 Å². The average Bonchev–Trinajstić information content (AvgIpc) is 3.06. The maximum absolute atomic E-state index is 11.4. The van der Waals surface area contributed by atoms with Gasteiger partial charge in [-0.1, -0.05) is 146 Å². The van der Waals surface area contributed by atoms with Crippen LogP contribution in [0.3, 0.4) is 0 Å². The van der Waals surface area contributed by atoms with Crippen LogP contribution in [0.2, 0.25) is 0 Å². The second-order valence-corrected chi connectivity index (χ2v) is 10.6. The molecule has 0 fully saturated rings. The Morgan fingerprint density at radius 2 is 1.10 bits per heavy atom. The largest absolute Gasteiger partial charge is 0.508 e. The van der Waals surface area contributed by atoms with Gasteiger partial charge in [0.1, 0.15) is 5.76 Å². The van der Waals surface area contributed by atoms with Gasteiger partial charge in [0, 0.05) is 5.57 Å². The van der Waals surface area contributed by atoms with Gasteiger partial charge in [-0.05, 0) is 86.9 Å². The van der Waals surface area contributed by atoms with E-state index in [1.54, 1.807) is 0 Å². The minimum Gasteiger partial charge on any atom is -0.508 e. The molecule has 0 bridgehead atoms. The lowest BCUT2D eigenvalue weighted by molar-refractivity contribution is 0.435. The number of allylic oxidation sites excluding steroid dienone is 12. The third kappa shape index (κ3) is 6.27. The summed E-state index contributed by atoms with van der Waals surface area (Å²) in [6.45, 7) is 0. The lowest BCUT2D eigenvalue weighted by Gasteiger charge is -2.13. The van der Waals surface area contributed by atoms with Gasteiger partial charge in [-0.15, -0.1) is 0 Å². The molecule has 42 heavy (non-hydrogen) atoms. The maximum atomic E-state index is 11.4. The summed E-state index contributed by atoms with van der Waals surface area (Å²) in [5.74, 6) is 0.304. The predicted molar refractivity (Wildman–Crippen MR) is 178 cm³/mol. The molecule has 0 heterocycles. The van der Waals surface area contributed by atoms with Gasteiger partial charge in [-0.2, -0.15) is 0 Å². The predicted octanol–water partition coefficient (Wildman–Crippen LogP) is 9.16. The molecule has 1 N–H and O–H groups in total. The minimum absolute atomic E-state index is 0.304. The highest BCUT2D eigenvalue weighted by Gasteiger charge is 2.10. The number of hydrogen-bond acceptors (Lipinski definition) is 1. The molecule has 0 unspecified atom stereocenters. The number of aliphatic hydroxyl groups is 1. The van der Waals surface area contributed by atoms with E-state index in [0.717, 1.165) is 28.9 Å². The molecule has 0 radical (unpaired) electrons. The Balaban J connectivity index is 1.49. The first-order chi connectivity index (χ1) is 20.8. The topological polar surface area (TPSA) is 20.2 Å². The molecule has 0 saturated carbocycles. The minimum atomic E-state index is 0.304. The Morgan fingerprint density at radius 1 is 0.524 bits per heavy atom. The fourth-order valence-corrected chi connectivity index (χ4v) is 5.61. The van der Waals surface area contributed by atoms with Crippen molar-refractivity contribution in [1.82, 2.24) is 0 Å². The SMILES string of the molecule is OC(=C\C=C1\C=CC=CC1)/C1=c2\cccc\c2=C(/c2cccc(-c3cccc(-c4ccccc4)c3)c2)C/C=C\C=C/C1. The Hall–Kier alpha value is -5.14. The highest BCUT2D eigenvalue weighted by molar-refractivity contribution is 5.77. The molecule has 0 aromatic heterocycles. The Morgan fingerprint density at radius 3 is 1.83 bits per heavy atom. The Labute approximate surface area is 248 Å². The van der Waals surface area contributed by atoms with E-state index >= 15 is 0 Å². The molecule has 204 valence electrons. The molecule has 2 aliphatic carbocycles. The van der Waals surface area contributed by atoms with E-state index in [1.807, 2.05) is 18.2 Å². The number of aliphatic hydroxyl groups excluding tert-OH is 1. The fraction of sp³-hybridized carbons (Fsp3) is 0.0732. The molecule has 6 rings (SSSR count). The van der Waals surface area contributed by atoms with Gasteiger partial charge in [0.2, 0.25) is 0 Å². The van der Waals surface area contributed by atoms with E-state index in [1.165, 1.54) is 39.0 Å². The zero-order chi connectivity index (χ0) is 28.6. The summed E-state index contributed by atoms with van der Waals surface area (Å²) < 4.78 is 0. The average molecular weight is 543 g/mol. The smallest absolute Gasteiger partial charge is 0.119 e. The summed E-state index contributed by atoms with van der Waals surface area (Å²) in [6, 6.07) is 36.6. The van der Waals surface area contributed by atoms with Crippen LogP contribution in [0.5, 0.6) is 0 Å². The molecular weight excluding hydrogens is 508 g/mol. The van der Waals surface area contributed by atoms with Crippen LogP contribution in [0.1, 0.15) is 24.8 Å². The van der Waals surface area contributed by atoms with Crippen LogP contribution in [0, 0.1) is 0 Å². The number of benzene rings is 4. The third-order valence-electron chi connectivity index (χ3n) is 7.79. The highest BCUT2D eigenvalue weighted by atomic mass is 16.3. The van der Waals surface area contributed by atoms with E-state index in [0.29, 0.717) is 12.2 Å². The normalized spacial score (nSPS) is 20.2. The van der Waals surface area contributed by atoms with Crippen molar-refractivity contribution in [1.29, 1.82) is 0 Å². The molecule has 1 heteroatoms. The zero-order valence-corrected chi connectivity index (χ0v) is 23.7. The standard InChI is InChI=1S/C41H34O/c42-41(28-27-31-15-5-3-6-16-31)40-26-10-2-1-9-23-37(38-24-11-12-25-39(38)40)36-22-14-21-35(30-36)34-20-13-19-33(29-34)32-17-7-4-8-18-32/h1-15,17-22,24-25,27-30,42H,16,23,26H2/b9-1-,10-2-,31-27-,38-37+,40-39+,41-28-. The van der Waals surface area contributed by atoms with E-state index in [4.69, 9.17) is 0 Å². The summed E-state index contributed by atoms with van der Waals surface area (Å²) >= 11 is 0. The van der Waals surface area contributed by atoms with E-state index < -0.39 is 0 Å². The number of fused-ring (bicyclic) bond motifs is 1. The van der Waals surface area contributed by atoms with Crippen molar-refractivity contribution in [3.05, 3.63) is 191 Å². The number of hydrogen-bond donors (Lipinski definition) is 1. The molecule has 1 nitrogen and oxygen atoms in total. The summed E-state index contributed by atoms with van der Waals surface area (Å²) in [7, 11) is 0. The zero-order valence-electron chi connectivity index (χ0n) is 23.7. The van der Waals surface area contributed by atoms with Crippen molar-refractivity contribution in [2.75, 3.05) is 0 Å². The monoisotopic (exact) mass is 542 g/mol. The molecule has 4 aromatic carbocycles. The summed E-state index contributed by atoms with van der Waals surface area (Å²) in [6.07, 6.45) is 23.0. The van der Waals surface area contributed by atoms with Crippen molar-refractivity contribution >= 4 is 11.1 Å². The van der Waals surface area contributed by atoms with Crippen molar-refractivity contribution in [2.24, 2.45) is 0 Å². The van der Waals surface area contributed by atoms with Gasteiger partial charge in [0.25, 0.3) is 0 Å². The van der Waals surface area contributed by atoms with E-state index in [9.17, 15) is 5.11 Å². The van der Waals surface area contributed by atoms with E-state index in [2.05, 4.69) is 146 Å². The molecule has 2 aliphatic rings. The summed E-state index contributed by atoms with van der Waals surface area (Å²) in [5.41, 5.74) is 9.33. The second-order valence-electron chi connectivity index (χ2n) is 10.6. The van der Waals surface area contributed by atoms with Crippen LogP contribution in [0.25, 0.3) is 33.4 Å². The molecule has 4 aromatic rings. The molecule has 0 amide bonds. The Kier molecular flexibility index (Phi) is 8.38. The molecule has 0 saturated heterocycles. The summed E-state index contributed by atoms with van der Waals surface area (Å²) in [5, 5.41) is 13.6. The second kappa shape index (κ2) is 13.0. The van der Waals surface area contributed by atoms with Gasteiger partial charge in [0.05, 0.1) is 0 Å². The van der Waals surface area contributed by atoms with Gasteiger partial charge in [-0.3, -0.25) is 0 Å². The van der Waals surface area contributed by atoms with Gasteiger partial charge < -0.3 is 5.11 Å². The van der Waals surface area contributed by atoms with Crippen LogP contribution in [-0.4, -0.2) is 5.11 Å². The Bertz CT molecular complexity index is 1890. The molecule has 0 aliphatic heterocycles. The lowest BCUT2D eigenvalue weighted by Crippen LogP contribution is -2.30. The number of rotatable bonds is 5. The van der Waals surface area contributed by atoms with Crippen molar-refractivity contribution in [3.63, 3.8) is 0 Å². The van der Waals surface area contributed by atoms with E-state index in [-0.39, 0.29) is 0 Å². The van der Waals surface area contributed by atoms with Crippen LogP contribution >= 0.6 is 0 Å². The molecule has 0 atom stereocenters. The molecular formula is C41H34O. The first-order valence-electron chi connectivity index (χ1n) is 14.6. The van der Waals surface area contributed by atoms with Gasteiger partial charge >= 0.3 is 0 Å². The third-order valence-corrected chi connectivity index (χ3v) is 7.79. The van der Waals surface area contributed by atoms with Crippen molar-refractivity contribution in [3.8, 4) is 22.3 Å². The van der Waals surface area contributed by atoms with Crippen molar-refractivity contribution < 1.29 is 5.11 Å². The summed E-state index contributed by atoms with van der Waals surface area (Å²) in [4.78, 5) is 0.